The van der Waals surface area contributed by atoms with Crippen molar-refractivity contribution in [3.8, 4) is 16.9 Å². The van der Waals surface area contributed by atoms with Crippen molar-refractivity contribution in [1.29, 1.82) is 0 Å². The predicted octanol–water partition coefficient (Wildman–Crippen LogP) is 5.60. The lowest BCUT2D eigenvalue weighted by Gasteiger charge is -2.41. The van der Waals surface area contributed by atoms with Gasteiger partial charge in [-0.15, -0.1) is 6.58 Å². The Hall–Kier alpha value is -2.63. The quantitative estimate of drug-likeness (QED) is 0.476. The number of carbonyl (C=O) groups is 1. The van der Waals surface area contributed by atoms with Crippen molar-refractivity contribution < 1.29 is 9.53 Å². The summed E-state index contributed by atoms with van der Waals surface area (Å²) in [6.45, 7) is 9.87. The Morgan fingerprint density at radius 2 is 1.83 bits per heavy atom. The summed E-state index contributed by atoms with van der Waals surface area (Å²) >= 11 is 0. The smallest absolute Gasteiger partial charge is 0.253 e. The van der Waals surface area contributed by atoms with Crippen LogP contribution in [0.5, 0.6) is 5.75 Å². The van der Waals surface area contributed by atoms with E-state index in [0.717, 1.165) is 74.6 Å². The second kappa shape index (κ2) is 11.6. The second-order valence-corrected chi connectivity index (χ2v) is 10.7. The number of hydrogen-bond acceptors (Lipinski definition) is 4. The third-order valence-electron chi connectivity index (χ3n) is 8.38. The first kappa shape index (κ1) is 25.0. The first-order valence-electron chi connectivity index (χ1n) is 13.8. The standard InChI is InChI=1S/C31H41N3O2/c1-3-16-32-19-15-27-10-8-11-28(23-32)34(27)22-26-14-13-25(31(35)33-17-5-4-6-18-33)21-30(26)24-9-7-12-29(20-24)36-2/h3,7,9,12-14,20-21,27-28H,1,4-6,8,10-11,15-19,22-23H2,2H3. The Morgan fingerprint density at radius 3 is 2.64 bits per heavy atom. The molecule has 36 heavy (non-hydrogen) atoms. The van der Waals surface area contributed by atoms with Gasteiger partial charge in [0.1, 0.15) is 5.75 Å². The third-order valence-corrected chi connectivity index (χ3v) is 8.38. The molecule has 192 valence electrons. The van der Waals surface area contributed by atoms with Crippen molar-refractivity contribution in [3.05, 3.63) is 66.2 Å². The van der Waals surface area contributed by atoms with Crippen molar-refractivity contribution in [2.45, 2.75) is 63.6 Å². The lowest BCUT2D eigenvalue weighted by molar-refractivity contribution is 0.0723. The second-order valence-electron chi connectivity index (χ2n) is 10.7. The Balaban J connectivity index is 1.48. The van der Waals surface area contributed by atoms with Gasteiger partial charge in [-0.3, -0.25) is 14.6 Å². The van der Waals surface area contributed by atoms with Crippen LogP contribution in [0.3, 0.4) is 0 Å². The van der Waals surface area contributed by atoms with E-state index in [-0.39, 0.29) is 5.91 Å². The van der Waals surface area contributed by atoms with Gasteiger partial charge in [0.05, 0.1) is 7.11 Å². The van der Waals surface area contributed by atoms with Crippen LogP contribution >= 0.6 is 0 Å². The minimum absolute atomic E-state index is 0.164. The van der Waals surface area contributed by atoms with Gasteiger partial charge in [-0.25, -0.2) is 0 Å². The van der Waals surface area contributed by atoms with Gasteiger partial charge in [-0.2, -0.15) is 0 Å². The molecule has 5 nitrogen and oxygen atoms in total. The Labute approximate surface area is 216 Å². The molecule has 0 aromatic heterocycles. The maximum absolute atomic E-state index is 13.4. The molecule has 2 aromatic rings. The van der Waals surface area contributed by atoms with E-state index in [1.165, 1.54) is 37.7 Å². The number of carbonyl (C=O) groups excluding carboxylic acids is 1. The van der Waals surface area contributed by atoms with Crippen molar-refractivity contribution in [3.63, 3.8) is 0 Å². The fourth-order valence-electron chi connectivity index (χ4n) is 6.44. The summed E-state index contributed by atoms with van der Waals surface area (Å²) in [5, 5.41) is 0. The van der Waals surface area contributed by atoms with Crippen LogP contribution in [0.15, 0.2) is 55.1 Å². The van der Waals surface area contributed by atoms with E-state index in [1.54, 1.807) is 7.11 Å². The number of amides is 1. The topological polar surface area (TPSA) is 36.0 Å². The number of fused-ring (bicyclic) bond motifs is 2. The molecular weight excluding hydrogens is 446 g/mol. The van der Waals surface area contributed by atoms with E-state index in [9.17, 15) is 4.79 Å². The molecule has 0 spiro atoms. The van der Waals surface area contributed by atoms with Gasteiger partial charge in [0.2, 0.25) is 0 Å². The number of piperidine rings is 2. The summed E-state index contributed by atoms with van der Waals surface area (Å²) in [5.74, 6) is 1.01. The van der Waals surface area contributed by atoms with Crippen LogP contribution in [0.4, 0.5) is 0 Å². The number of rotatable bonds is 7. The largest absolute Gasteiger partial charge is 0.497 e. The zero-order valence-electron chi connectivity index (χ0n) is 21.8. The fourth-order valence-corrected chi connectivity index (χ4v) is 6.44. The molecule has 1 amide bonds. The highest BCUT2D eigenvalue weighted by molar-refractivity contribution is 5.96. The zero-order valence-corrected chi connectivity index (χ0v) is 21.8. The minimum atomic E-state index is 0.164. The molecule has 0 saturated carbocycles. The molecule has 5 rings (SSSR count). The molecule has 3 fully saturated rings. The van der Waals surface area contributed by atoms with E-state index in [1.807, 2.05) is 23.1 Å². The summed E-state index contributed by atoms with van der Waals surface area (Å²) in [6, 6.07) is 15.9. The zero-order chi connectivity index (χ0) is 24.9. The molecule has 3 heterocycles. The van der Waals surface area contributed by atoms with E-state index in [2.05, 4.69) is 46.7 Å². The molecule has 2 bridgehead atoms. The molecule has 3 aliphatic heterocycles. The van der Waals surface area contributed by atoms with Crippen molar-refractivity contribution in [1.82, 2.24) is 14.7 Å². The maximum atomic E-state index is 13.4. The van der Waals surface area contributed by atoms with Gasteiger partial charge in [-0.1, -0.05) is 30.7 Å². The molecule has 2 unspecified atom stereocenters. The molecular formula is C31H41N3O2. The Bertz CT molecular complexity index is 1060. The van der Waals surface area contributed by atoms with Crippen LogP contribution in [0.2, 0.25) is 0 Å². The van der Waals surface area contributed by atoms with Crippen LogP contribution in [0, 0.1) is 0 Å². The van der Waals surface area contributed by atoms with Gasteiger partial charge in [0.15, 0.2) is 0 Å². The van der Waals surface area contributed by atoms with Crippen LogP contribution in [0.1, 0.15) is 60.9 Å². The Kier molecular flexibility index (Phi) is 8.08. The van der Waals surface area contributed by atoms with Crippen LogP contribution in [0.25, 0.3) is 11.1 Å². The van der Waals surface area contributed by atoms with Gasteiger partial charge < -0.3 is 9.64 Å². The Morgan fingerprint density at radius 1 is 1.00 bits per heavy atom. The normalized spacial score (nSPS) is 23.2. The van der Waals surface area contributed by atoms with Gasteiger partial charge in [0.25, 0.3) is 5.91 Å². The molecule has 5 heteroatoms. The SMILES string of the molecule is C=CCN1CCC2CCCC(C1)N2Cc1ccc(C(=O)N2CCCCC2)cc1-c1cccc(OC)c1. The number of benzene rings is 2. The summed E-state index contributed by atoms with van der Waals surface area (Å²) in [5.41, 5.74) is 4.37. The van der Waals surface area contributed by atoms with Gasteiger partial charge in [0, 0.05) is 56.9 Å². The third kappa shape index (κ3) is 5.52. The average molecular weight is 488 g/mol. The van der Waals surface area contributed by atoms with Crippen LogP contribution in [-0.2, 0) is 6.54 Å². The highest BCUT2D eigenvalue weighted by Gasteiger charge is 2.35. The molecule has 0 aliphatic carbocycles. The summed E-state index contributed by atoms with van der Waals surface area (Å²) in [7, 11) is 1.71. The lowest BCUT2D eigenvalue weighted by Crippen LogP contribution is -2.47. The average Bonchev–Trinajstić information content (AvgIpc) is 3.01. The first-order valence-corrected chi connectivity index (χ1v) is 13.8. The minimum Gasteiger partial charge on any atom is -0.497 e. The van der Waals surface area contributed by atoms with Crippen molar-refractivity contribution in [2.75, 3.05) is 39.8 Å². The molecule has 0 radical (unpaired) electrons. The van der Waals surface area contributed by atoms with Crippen molar-refractivity contribution >= 4 is 5.91 Å². The number of nitrogens with zero attached hydrogens (tertiary/aromatic N) is 3. The fraction of sp³-hybridized carbons (Fsp3) is 0.516. The van der Waals surface area contributed by atoms with Gasteiger partial charge in [-0.05, 0) is 79.5 Å². The molecule has 3 saturated heterocycles. The summed E-state index contributed by atoms with van der Waals surface area (Å²) in [4.78, 5) is 20.7. The van der Waals surface area contributed by atoms with Crippen molar-refractivity contribution in [2.24, 2.45) is 0 Å². The number of ether oxygens (including phenoxy) is 1. The summed E-state index contributed by atoms with van der Waals surface area (Å²) in [6.07, 6.45) is 10.5. The van der Waals surface area contributed by atoms with Crippen LogP contribution < -0.4 is 4.74 Å². The van der Waals surface area contributed by atoms with Gasteiger partial charge >= 0.3 is 0 Å². The predicted molar refractivity (Wildman–Crippen MR) is 146 cm³/mol. The van der Waals surface area contributed by atoms with E-state index >= 15 is 0 Å². The molecule has 2 aromatic carbocycles. The maximum Gasteiger partial charge on any atom is 0.253 e. The first-order chi connectivity index (χ1) is 17.7. The molecule has 0 N–H and O–H groups in total. The molecule has 2 atom stereocenters. The molecule has 3 aliphatic rings. The summed E-state index contributed by atoms with van der Waals surface area (Å²) < 4.78 is 5.55. The highest BCUT2D eigenvalue weighted by atomic mass is 16.5. The lowest BCUT2D eigenvalue weighted by atomic mass is 9.91. The van der Waals surface area contributed by atoms with E-state index in [0.29, 0.717) is 12.1 Å². The monoisotopic (exact) mass is 487 g/mol. The highest BCUT2D eigenvalue weighted by Crippen LogP contribution is 2.34. The number of hydrogen-bond donors (Lipinski definition) is 0. The number of likely N-dealkylation sites (tertiary alicyclic amines) is 1. The number of methoxy groups -OCH3 is 1. The van der Waals surface area contributed by atoms with E-state index < -0.39 is 0 Å². The van der Waals surface area contributed by atoms with E-state index in [4.69, 9.17) is 4.74 Å². The van der Waals surface area contributed by atoms with Crippen LogP contribution in [-0.4, -0.2) is 72.5 Å².